The third-order valence-corrected chi connectivity index (χ3v) is 3.18. The maximum absolute atomic E-state index is 11.5. The van der Waals surface area contributed by atoms with Gasteiger partial charge in [-0.2, -0.15) is 0 Å². The fourth-order valence-electron chi connectivity index (χ4n) is 2.38. The van der Waals surface area contributed by atoms with Gasteiger partial charge in [-0.1, -0.05) is 0 Å². The Morgan fingerprint density at radius 2 is 1.24 bits per heavy atom. The number of methoxy groups -OCH3 is 1. The molecule has 10 nitrogen and oxygen atoms in total. The fraction of sp³-hybridized carbons (Fsp3) is 0.733. The molecule has 0 spiro atoms. The second kappa shape index (κ2) is 9.33. The minimum absolute atomic E-state index is 0.280. The summed E-state index contributed by atoms with van der Waals surface area (Å²) in [6.45, 7) is 4.37. The van der Waals surface area contributed by atoms with E-state index >= 15 is 0 Å². The van der Waals surface area contributed by atoms with E-state index in [0.717, 1.165) is 20.8 Å². The molecule has 0 amide bonds. The number of hydrogen-bond donors (Lipinski definition) is 0. The van der Waals surface area contributed by atoms with E-state index in [9.17, 15) is 19.2 Å². The third-order valence-electron chi connectivity index (χ3n) is 3.18. The molecule has 1 aliphatic rings. The van der Waals surface area contributed by atoms with Crippen LogP contribution in [0, 0.1) is 0 Å². The third kappa shape index (κ3) is 6.31. The molecule has 1 unspecified atom stereocenters. The van der Waals surface area contributed by atoms with Crippen LogP contribution in [0.25, 0.3) is 0 Å². The van der Waals surface area contributed by atoms with Gasteiger partial charge < -0.3 is 28.4 Å². The molecule has 0 N–H and O–H groups in total. The molecule has 5 atom stereocenters. The van der Waals surface area contributed by atoms with Gasteiger partial charge in [0.25, 0.3) is 0 Å². The lowest BCUT2D eigenvalue weighted by molar-refractivity contribution is -0.302. The molecule has 1 saturated heterocycles. The van der Waals surface area contributed by atoms with E-state index in [1.165, 1.54) is 14.0 Å². The van der Waals surface area contributed by atoms with Gasteiger partial charge in [0.1, 0.15) is 12.7 Å². The molecule has 1 heterocycles. The summed E-state index contributed by atoms with van der Waals surface area (Å²) in [6.07, 6.45) is -5.67. The molecule has 0 aromatic rings. The lowest BCUT2D eigenvalue weighted by Crippen LogP contribution is -2.62. The maximum atomic E-state index is 11.5. The first-order valence-electron chi connectivity index (χ1n) is 7.49. The Hall–Kier alpha value is -2.20. The van der Waals surface area contributed by atoms with Gasteiger partial charge in [-0.05, 0) is 0 Å². The molecule has 0 radical (unpaired) electrons. The van der Waals surface area contributed by atoms with E-state index in [4.69, 9.17) is 28.4 Å². The summed E-state index contributed by atoms with van der Waals surface area (Å²) < 4.78 is 31.1. The van der Waals surface area contributed by atoms with Crippen molar-refractivity contribution >= 4 is 23.9 Å². The summed E-state index contributed by atoms with van der Waals surface area (Å²) >= 11 is 0. The van der Waals surface area contributed by atoms with Crippen LogP contribution in [0.4, 0.5) is 0 Å². The maximum Gasteiger partial charge on any atom is 0.303 e. The van der Waals surface area contributed by atoms with E-state index in [0.29, 0.717) is 0 Å². The quantitative estimate of drug-likeness (QED) is 0.460. The van der Waals surface area contributed by atoms with Gasteiger partial charge in [0, 0.05) is 34.8 Å². The van der Waals surface area contributed by atoms with Crippen LogP contribution in [0.15, 0.2) is 0 Å². The van der Waals surface area contributed by atoms with Crippen LogP contribution in [0.3, 0.4) is 0 Å². The Morgan fingerprint density at radius 1 is 0.760 bits per heavy atom. The van der Waals surface area contributed by atoms with Crippen molar-refractivity contribution in [1.82, 2.24) is 0 Å². The second-order valence-electron chi connectivity index (χ2n) is 5.30. The summed E-state index contributed by atoms with van der Waals surface area (Å²) in [5.41, 5.74) is 0. The highest BCUT2D eigenvalue weighted by atomic mass is 16.7. The highest BCUT2D eigenvalue weighted by Gasteiger charge is 2.52. The van der Waals surface area contributed by atoms with Gasteiger partial charge in [0.05, 0.1) is 0 Å². The predicted octanol–water partition coefficient (Wildman–Crippen LogP) is -0.284. The van der Waals surface area contributed by atoms with Gasteiger partial charge in [0.2, 0.25) is 0 Å². The molecule has 0 aliphatic carbocycles. The first kappa shape index (κ1) is 20.8. The number of carbonyl (C=O) groups is 4. The normalized spacial score (nSPS) is 28.6. The van der Waals surface area contributed by atoms with Crippen molar-refractivity contribution in [3.8, 4) is 0 Å². The Kier molecular flexibility index (Phi) is 7.78. The van der Waals surface area contributed by atoms with Crippen LogP contribution in [-0.2, 0) is 47.6 Å². The van der Waals surface area contributed by atoms with Crippen LogP contribution in [0.5, 0.6) is 0 Å². The van der Waals surface area contributed by atoms with Crippen molar-refractivity contribution in [1.29, 1.82) is 0 Å². The summed E-state index contributed by atoms with van der Waals surface area (Å²) in [5.74, 6) is -2.63. The predicted molar refractivity (Wildman–Crippen MR) is 79.0 cm³/mol. The van der Waals surface area contributed by atoms with Crippen molar-refractivity contribution in [2.45, 2.75) is 58.4 Å². The van der Waals surface area contributed by atoms with Crippen molar-refractivity contribution < 1.29 is 47.6 Å². The van der Waals surface area contributed by atoms with Crippen molar-refractivity contribution in [2.24, 2.45) is 0 Å². The van der Waals surface area contributed by atoms with Gasteiger partial charge in [-0.15, -0.1) is 0 Å². The lowest BCUT2D eigenvalue weighted by Gasteiger charge is -2.43. The largest absolute Gasteiger partial charge is 0.463 e. The van der Waals surface area contributed by atoms with Crippen molar-refractivity contribution in [3.05, 3.63) is 0 Å². The Balaban J connectivity index is 3.18. The average Bonchev–Trinajstić information content (AvgIpc) is 2.48. The van der Waals surface area contributed by atoms with Gasteiger partial charge >= 0.3 is 23.9 Å². The summed E-state index contributed by atoms with van der Waals surface area (Å²) in [5, 5.41) is 0. The average molecular weight is 362 g/mol. The SMILES string of the molecule is COC1O[C@H](COC(C)=O)[C@H](OC(C)=O)[C@H](OC(C)=O)[C@H]1OC(C)=O. The fourth-order valence-corrected chi connectivity index (χ4v) is 2.38. The molecule has 0 aromatic carbocycles. The second-order valence-corrected chi connectivity index (χ2v) is 5.30. The monoisotopic (exact) mass is 362 g/mol. The standard InChI is InChI=1S/C15H22O10/c1-7(16)21-6-11-12(22-8(2)17)13(23-9(3)18)14(24-10(4)19)15(20-5)25-11/h11-15H,6H2,1-5H3/t11-,12+,13+,14-,15?/m1/s1. The van der Waals surface area contributed by atoms with Crippen LogP contribution in [0.2, 0.25) is 0 Å². The Labute approximate surface area is 144 Å². The molecule has 0 saturated carbocycles. The van der Waals surface area contributed by atoms with Gasteiger partial charge in [0.15, 0.2) is 24.6 Å². The van der Waals surface area contributed by atoms with Crippen LogP contribution >= 0.6 is 0 Å². The van der Waals surface area contributed by atoms with Crippen molar-refractivity contribution in [3.63, 3.8) is 0 Å². The molecule has 25 heavy (non-hydrogen) atoms. The van der Waals surface area contributed by atoms with E-state index in [2.05, 4.69) is 0 Å². The van der Waals surface area contributed by atoms with E-state index < -0.39 is 54.6 Å². The van der Waals surface area contributed by atoms with E-state index in [-0.39, 0.29) is 6.61 Å². The molecular weight excluding hydrogens is 340 g/mol. The van der Waals surface area contributed by atoms with Gasteiger partial charge in [-0.3, -0.25) is 19.2 Å². The summed E-state index contributed by atoms with van der Waals surface area (Å²) in [4.78, 5) is 45.4. The lowest BCUT2D eigenvalue weighted by atomic mass is 9.98. The minimum Gasteiger partial charge on any atom is -0.463 e. The highest BCUT2D eigenvalue weighted by molar-refractivity contribution is 5.68. The number of esters is 4. The first-order valence-corrected chi connectivity index (χ1v) is 7.49. The van der Waals surface area contributed by atoms with E-state index in [1.807, 2.05) is 0 Å². The highest BCUT2D eigenvalue weighted by Crippen LogP contribution is 2.29. The molecular formula is C15H22O10. The summed E-state index contributed by atoms with van der Waals surface area (Å²) in [6, 6.07) is 0. The first-order chi connectivity index (χ1) is 11.6. The topological polar surface area (TPSA) is 124 Å². The molecule has 10 heteroatoms. The molecule has 0 bridgehead atoms. The zero-order valence-corrected chi connectivity index (χ0v) is 14.7. The number of ether oxygens (including phenoxy) is 6. The molecule has 142 valence electrons. The smallest absolute Gasteiger partial charge is 0.303 e. The summed E-state index contributed by atoms with van der Waals surface area (Å²) in [7, 11) is 1.29. The zero-order chi connectivity index (χ0) is 19.1. The van der Waals surface area contributed by atoms with Gasteiger partial charge in [-0.25, -0.2) is 0 Å². The molecule has 0 aromatic heterocycles. The van der Waals surface area contributed by atoms with Crippen LogP contribution < -0.4 is 0 Å². The Morgan fingerprint density at radius 3 is 1.68 bits per heavy atom. The number of hydrogen-bond acceptors (Lipinski definition) is 10. The molecule has 1 fully saturated rings. The van der Waals surface area contributed by atoms with Crippen LogP contribution in [0.1, 0.15) is 27.7 Å². The zero-order valence-electron chi connectivity index (χ0n) is 14.7. The van der Waals surface area contributed by atoms with Crippen molar-refractivity contribution in [2.75, 3.05) is 13.7 Å². The molecule has 1 aliphatic heterocycles. The van der Waals surface area contributed by atoms with Crippen LogP contribution in [-0.4, -0.2) is 68.3 Å². The Bertz CT molecular complexity index is 516. The minimum atomic E-state index is -1.20. The number of carbonyl (C=O) groups excluding carboxylic acids is 4. The van der Waals surface area contributed by atoms with E-state index in [1.54, 1.807) is 0 Å². The molecule has 1 rings (SSSR count). The number of rotatable bonds is 6.